The molecular formula is C14H11ClFN3OS. The standard InChI is InChI=1S/C14H11ClFN3OS/c1-20-8-5-11(21-6-8)13-12(14(17)19-18-13)9-3-2-7(16)4-10(9)15/h2-6H,1H3,(H3,17,18,19). The van der Waals surface area contributed by atoms with Crippen molar-refractivity contribution in [2.75, 3.05) is 12.8 Å². The van der Waals surface area contributed by atoms with Crippen molar-refractivity contribution in [3.63, 3.8) is 0 Å². The van der Waals surface area contributed by atoms with Crippen LogP contribution < -0.4 is 10.5 Å². The molecule has 0 saturated carbocycles. The minimum absolute atomic E-state index is 0.285. The summed E-state index contributed by atoms with van der Waals surface area (Å²) in [7, 11) is 1.60. The van der Waals surface area contributed by atoms with Crippen LogP contribution in [0.15, 0.2) is 29.6 Å². The Morgan fingerprint density at radius 1 is 1.38 bits per heavy atom. The number of nitrogens with two attached hydrogens (primary N) is 1. The summed E-state index contributed by atoms with van der Waals surface area (Å²) in [6.07, 6.45) is 0. The zero-order valence-electron chi connectivity index (χ0n) is 11.0. The van der Waals surface area contributed by atoms with E-state index in [2.05, 4.69) is 10.2 Å². The number of nitrogens with zero attached hydrogens (tertiary/aromatic N) is 1. The number of methoxy groups -OCH3 is 1. The van der Waals surface area contributed by atoms with E-state index in [0.717, 1.165) is 16.3 Å². The molecule has 0 atom stereocenters. The van der Waals surface area contributed by atoms with Crippen molar-refractivity contribution in [3.8, 4) is 27.4 Å². The summed E-state index contributed by atoms with van der Waals surface area (Å²) < 4.78 is 18.4. The van der Waals surface area contributed by atoms with Crippen LogP contribution in [-0.4, -0.2) is 17.3 Å². The molecular weight excluding hydrogens is 313 g/mol. The summed E-state index contributed by atoms with van der Waals surface area (Å²) in [6.45, 7) is 0. The highest BCUT2D eigenvalue weighted by atomic mass is 35.5. The molecule has 0 unspecified atom stereocenters. The molecule has 0 radical (unpaired) electrons. The van der Waals surface area contributed by atoms with Gasteiger partial charge in [-0.25, -0.2) is 4.39 Å². The predicted octanol–water partition coefficient (Wildman–Crippen LogP) is 4.19. The van der Waals surface area contributed by atoms with Crippen LogP contribution in [0.3, 0.4) is 0 Å². The number of H-pyrrole nitrogens is 1. The third kappa shape index (κ3) is 2.48. The van der Waals surface area contributed by atoms with Crippen LogP contribution in [0.2, 0.25) is 5.02 Å². The van der Waals surface area contributed by atoms with Crippen LogP contribution in [0.25, 0.3) is 21.7 Å². The summed E-state index contributed by atoms with van der Waals surface area (Å²) in [6, 6.07) is 6.06. The fraction of sp³-hybridized carbons (Fsp3) is 0.0714. The Hall–Kier alpha value is -2.05. The summed E-state index contributed by atoms with van der Waals surface area (Å²) in [5, 5.41) is 9.09. The topological polar surface area (TPSA) is 63.9 Å². The van der Waals surface area contributed by atoms with Gasteiger partial charge in [0.2, 0.25) is 0 Å². The van der Waals surface area contributed by atoms with Gasteiger partial charge >= 0.3 is 0 Å². The molecule has 3 N–H and O–H groups in total. The number of nitrogens with one attached hydrogen (secondary N) is 1. The molecule has 4 nitrogen and oxygen atoms in total. The molecule has 1 aromatic carbocycles. The highest BCUT2D eigenvalue weighted by Gasteiger charge is 2.19. The third-order valence-corrected chi connectivity index (χ3v) is 4.29. The number of aromatic amines is 1. The Morgan fingerprint density at radius 3 is 2.86 bits per heavy atom. The normalized spacial score (nSPS) is 10.8. The SMILES string of the molecule is COc1csc(-c2[nH]nc(N)c2-c2ccc(F)cc2Cl)c1. The van der Waals surface area contributed by atoms with E-state index in [-0.39, 0.29) is 5.02 Å². The summed E-state index contributed by atoms with van der Waals surface area (Å²) >= 11 is 7.62. The largest absolute Gasteiger partial charge is 0.496 e. The number of benzene rings is 1. The van der Waals surface area contributed by atoms with Gasteiger partial charge in [0.15, 0.2) is 5.82 Å². The average Bonchev–Trinajstić information content (AvgIpc) is 3.06. The number of ether oxygens (including phenoxy) is 1. The van der Waals surface area contributed by atoms with Gasteiger partial charge in [-0.1, -0.05) is 11.6 Å². The van der Waals surface area contributed by atoms with Gasteiger partial charge in [-0.2, -0.15) is 5.10 Å². The number of nitrogen functional groups attached to an aromatic ring is 1. The molecule has 0 aliphatic heterocycles. The lowest BCUT2D eigenvalue weighted by atomic mass is 10.0. The van der Waals surface area contributed by atoms with Crippen molar-refractivity contribution in [3.05, 3.63) is 40.5 Å². The van der Waals surface area contributed by atoms with E-state index in [4.69, 9.17) is 22.1 Å². The first-order chi connectivity index (χ1) is 10.1. The molecule has 3 aromatic rings. The zero-order chi connectivity index (χ0) is 15.0. The minimum atomic E-state index is -0.398. The van der Waals surface area contributed by atoms with Crippen LogP contribution in [-0.2, 0) is 0 Å². The van der Waals surface area contributed by atoms with E-state index >= 15 is 0 Å². The molecule has 0 bridgehead atoms. The average molecular weight is 324 g/mol. The second kappa shape index (κ2) is 5.38. The lowest BCUT2D eigenvalue weighted by Crippen LogP contribution is -1.90. The van der Waals surface area contributed by atoms with Gasteiger partial charge < -0.3 is 10.5 Å². The van der Waals surface area contributed by atoms with E-state index in [1.54, 1.807) is 13.2 Å². The van der Waals surface area contributed by atoms with Crippen LogP contribution in [0.1, 0.15) is 0 Å². The first kappa shape index (κ1) is 13.9. The number of hydrogen-bond acceptors (Lipinski definition) is 4. The Morgan fingerprint density at radius 2 is 2.19 bits per heavy atom. The van der Waals surface area contributed by atoms with Crippen molar-refractivity contribution in [2.45, 2.75) is 0 Å². The number of thiophene rings is 1. The van der Waals surface area contributed by atoms with Crippen LogP contribution in [0, 0.1) is 5.82 Å². The van der Waals surface area contributed by atoms with E-state index in [1.807, 2.05) is 11.4 Å². The zero-order valence-corrected chi connectivity index (χ0v) is 12.6. The molecule has 0 amide bonds. The molecule has 21 heavy (non-hydrogen) atoms. The lowest BCUT2D eigenvalue weighted by Gasteiger charge is -2.05. The third-order valence-electron chi connectivity index (χ3n) is 3.05. The molecule has 3 rings (SSSR count). The maximum absolute atomic E-state index is 13.2. The number of aromatic nitrogens is 2. The summed E-state index contributed by atoms with van der Waals surface area (Å²) in [4.78, 5) is 0.909. The van der Waals surface area contributed by atoms with Gasteiger partial charge in [0.05, 0.1) is 28.3 Å². The van der Waals surface area contributed by atoms with Crippen LogP contribution in [0.4, 0.5) is 10.2 Å². The molecule has 0 fully saturated rings. The van der Waals surface area contributed by atoms with Crippen LogP contribution >= 0.6 is 22.9 Å². The van der Waals surface area contributed by atoms with Crippen molar-refractivity contribution in [2.24, 2.45) is 0 Å². The highest BCUT2D eigenvalue weighted by molar-refractivity contribution is 7.13. The van der Waals surface area contributed by atoms with Gasteiger partial charge in [0.1, 0.15) is 11.6 Å². The Bertz CT molecular complexity index is 799. The van der Waals surface area contributed by atoms with Crippen molar-refractivity contribution < 1.29 is 9.13 Å². The summed E-state index contributed by atoms with van der Waals surface area (Å²) in [5.74, 6) is 0.662. The number of anilines is 1. The van der Waals surface area contributed by atoms with Gasteiger partial charge in [-0.15, -0.1) is 11.3 Å². The van der Waals surface area contributed by atoms with E-state index in [9.17, 15) is 4.39 Å². The fourth-order valence-corrected chi connectivity index (χ4v) is 3.17. The van der Waals surface area contributed by atoms with Crippen molar-refractivity contribution in [1.29, 1.82) is 0 Å². The van der Waals surface area contributed by atoms with Gasteiger partial charge in [-0.3, -0.25) is 5.10 Å². The molecule has 108 valence electrons. The Balaban J connectivity index is 2.17. The molecule has 0 saturated heterocycles. The van der Waals surface area contributed by atoms with E-state index < -0.39 is 5.82 Å². The smallest absolute Gasteiger partial charge is 0.153 e. The van der Waals surface area contributed by atoms with E-state index in [0.29, 0.717) is 16.9 Å². The summed E-state index contributed by atoms with van der Waals surface area (Å²) in [5.41, 5.74) is 7.95. The molecule has 0 aliphatic rings. The minimum Gasteiger partial charge on any atom is -0.496 e. The number of halogens is 2. The second-order valence-electron chi connectivity index (χ2n) is 4.33. The second-order valence-corrected chi connectivity index (χ2v) is 5.65. The van der Waals surface area contributed by atoms with E-state index in [1.165, 1.54) is 23.5 Å². The molecule has 7 heteroatoms. The van der Waals surface area contributed by atoms with Gasteiger partial charge in [0, 0.05) is 17.0 Å². The Labute approximate surface area is 129 Å². The van der Waals surface area contributed by atoms with Crippen LogP contribution in [0.5, 0.6) is 5.75 Å². The number of hydrogen-bond donors (Lipinski definition) is 2. The molecule has 2 heterocycles. The van der Waals surface area contributed by atoms with Gasteiger partial charge in [-0.05, 0) is 18.2 Å². The fourth-order valence-electron chi connectivity index (χ4n) is 2.06. The molecule has 2 aromatic heterocycles. The first-order valence-corrected chi connectivity index (χ1v) is 7.28. The molecule has 0 spiro atoms. The van der Waals surface area contributed by atoms with Crippen molar-refractivity contribution in [1.82, 2.24) is 10.2 Å². The van der Waals surface area contributed by atoms with Crippen molar-refractivity contribution >= 4 is 28.8 Å². The van der Waals surface area contributed by atoms with Gasteiger partial charge in [0.25, 0.3) is 0 Å². The highest BCUT2D eigenvalue weighted by Crippen LogP contribution is 2.41. The quantitative estimate of drug-likeness (QED) is 0.759. The predicted molar refractivity (Wildman–Crippen MR) is 83.3 cm³/mol. The Kier molecular flexibility index (Phi) is 3.57. The first-order valence-electron chi connectivity index (χ1n) is 6.02. The number of rotatable bonds is 3. The maximum Gasteiger partial charge on any atom is 0.153 e. The molecule has 0 aliphatic carbocycles. The maximum atomic E-state index is 13.2. The lowest BCUT2D eigenvalue weighted by molar-refractivity contribution is 0.417. The monoisotopic (exact) mass is 323 g/mol.